The van der Waals surface area contributed by atoms with Crippen molar-refractivity contribution in [1.82, 2.24) is 19.7 Å². The Kier molecular flexibility index (Phi) is 5.39. The van der Waals surface area contributed by atoms with Gasteiger partial charge in [0.2, 0.25) is 0 Å². The molecule has 0 unspecified atom stereocenters. The molecular weight excluding hydrogens is 472 g/mol. The Hall–Kier alpha value is -3.48. The molecular formula is C20H13F6N5OS. The Labute approximate surface area is 185 Å². The third kappa shape index (κ3) is 4.15. The molecule has 6 nitrogen and oxygen atoms in total. The molecule has 0 saturated heterocycles. The molecule has 0 aliphatic rings. The predicted molar refractivity (Wildman–Crippen MR) is 109 cm³/mol. The van der Waals surface area contributed by atoms with Crippen molar-refractivity contribution in [2.75, 3.05) is 5.32 Å². The van der Waals surface area contributed by atoms with Crippen LogP contribution in [0.25, 0.3) is 21.5 Å². The smallest absolute Gasteiger partial charge is 0.321 e. The van der Waals surface area contributed by atoms with E-state index in [-0.39, 0.29) is 11.3 Å². The molecule has 3 aromatic heterocycles. The number of anilines is 1. The van der Waals surface area contributed by atoms with Crippen molar-refractivity contribution < 1.29 is 31.1 Å². The summed E-state index contributed by atoms with van der Waals surface area (Å²) in [4.78, 5) is 20.1. The molecule has 33 heavy (non-hydrogen) atoms. The van der Waals surface area contributed by atoms with E-state index in [4.69, 9.17) is 0 Å². The number of rotatable bonds is 3. The molecule has 0 spiro atoms. The fourth-order valence-corrected chi connectivity index (χ4v) is 4.29. The number of pyridine rings is 1. The van der Waals surface area contributed by atoms with Gasteiger partial charge in [-0.3, -0.25) is 14.5 Å². The lowest BCUT2D eigenvalue weighted by Crippen LogP contribution is -2.21. The Morgan fingerprint density at radius 2 is 1.79 bits per heavy atom. The average Bonchev–Trinajstić information content (AvgIpc) is 3.31. The second-order valence-corrected chi connectivity index (χ2v) is 7.89. The normalized spacial score (nSPS) is 12.4. The van der Waals surface area contributed by atoms with Crippen LogP contribution in [-0.4, -0.2) is 25.7 Å². The van der Waals surface area contributed by atoms with E-state index in [0.29, 0.717) is 21.8 Å². The van der Waals surface area contributed by atoms with Gasteiger partial charge in [0.25, 0.3) is 5.91 Å². The topological polar surface area (TPSA) is 72.7 Å². The van der Waals surface area contributed by atoms with E-state index < -0.39 is 40.9 Å². The van der Waals surface area contributed by atoms with Crippen molar-refractivity contribution in [2.24, 2.45) is 7.05 Å². The first-order valence-corrected chi connectivity index (χ1v) is 10.1. The third-order valence-electron chi connectivity index (χ3n) is 4.80. The lowest BCUT2D eigenvalue weighted by molar-refractivity contribution is -0.141. The summed E-state index contributed by atoms with van der Waals surface area (Å²) in [5.41, 5.74) is -1.63. The summed E-state index contributed by atoms with van der Waals surface area (Å²) in [7, 11) is 1.16. The second kappa shape index (κ2) is 7.83. The second-order valence-electron chi connectivity index (χ2n) is 7.03. The Bertz CT molecular complexity index is 1370. The van der Waals surface area contributed by atoms with E-state index in [0.717, 1.165) is 35.3 Å². The first-order chi connectivity index (χ1) is 15.4. The molecule has 0 aliphatic heterocycles. The van der Waals surface area contributed by atoms with E-state index in [1.165, 1.54) is 5.51 Å². The van der Waals surface area contributed by atoms with Gasteiger partial charge < -0.3 is 5.32 Å². The van der Waals surface area contributed by atoms with Gasteiger partial charge in [-0.1, -0.05) is 6.07 Å². The lowest BCUT2D eigenvalue weighted by Gasteiger charge is -2.13. The maximum Gasteiger partial charge on any atom is 0.433 e. The molecule has 4 aromatic rings. The average molecular weight is 485 g/mol. The number of nitrogens with zero attached hydrogens (tertiary/aromatic N) is 4. The van der Waals surface area contributed by atoms with Crippen LogP contribution in [-0.2, 0) is 19.4 Å². The first-order valence-electron chi connectivity index (χ1n) is 9.20. The number of fused-ring (bicyclic) bond motifs is 1. The van der Waals surface area contributed by atoms with Crippen LogP contribution >= 0.6 is 11.3 Å². The number of carbonyl (C=O) groups excluding carboxylic acids is 1. The highest BCUT2D eigenvalue weighted by molar-refractivity contribution is 7.17. The van der Waals surface area contributed by atoms with Gasteiger partial charge in [-0.15, -0.1) is 11.3 Å². The maximum absolute atomic E-state index is 14.2. The molecule has 4 rings (SSSR count). The highest BCUT2D eigenvalue weighted by atomic mass is 32.1. The molecule has 0 atom stereocenters. The van der Waals surface area contributed by atoms with E-state index in [2.05, 4.69) is 20.4 Å². The highest BCUT2D eigenvalue weighted by Crippen LogP contribution is 2.43. The number of aryl methyl sites for hydroxylation is 2. The van der Waals surface area contributed by atoms with E-state index in [9.17, 15) is 31.1 Å². The van der Waals surface area contributed by atoms with Gasteiger partial charge in [0.1, 0.15) is 22.6 Å². The minimum absolute atomic E-state index is 0.181. The Morgan fingerprint density at radius 3 is 2.45 bits per heavy atom. The van der Waals surface area contributed by atoms with Crippen LogP contribution in [0.5, 0.6) is 0 Å². The van der Waals surface area contributed by atoms with Gasteiger partial charge in [0.15, 0.2) is 0 Å². The van der Waals surface area contributed by atoms with Crippen molar-refractivity contribution in [2.45, 2.75) is 19.3 Å². The first kappa shape index (κ1) is 22.7. The zero-order chi connectivity index (χ0) is 24.1. The number of thiazole rings is 1. The number of hydrogen-bond acceptors (Lipinski definition) is 5. The molecule has 0 fully saturated rings. The van der Waals surface area contributed by atoms with Gasteiger partial charge in [-0.05, 0) is 30.7 Å². The van der Waals surface area contributed by atoms with Gasteiger partial charge in [0, 0.05) is 24.5 Å². The number of halogens is 6. The minimum atomic E-state index is -4.98. The standard InChI is InChI=1S/C20H13F6N5OS/c1-9-3-4-11-17(33-8-28-11)13(9)15-14(20(24,25)26)16(31(2)30-15)18(32)29-10-5-6-27-12(7-10)19(21,22)23/h3-8H,1-2H3,(H,27,29,32). The third-order valence-corrected chi connectivity index (χ3v) is 5.66. The molecule has 172 valence electrons. The van der Waals surface area contributed by atoms with Crippen LogP contribution in [0.15, 0.2) is 36.0 Å². The molecule has 0 radical (unpaired) electrons. The Morgan fingerprint density at radius 1 is 1.06 bits per heavy atom. The summed E-state index contributed by atoms with van der Waals surface area (Å²) in [5.74, 6) is -1.27. The highest BCUT2D eigenvalue weighted by Gasteiger charge is 2.43. The number of alkyl halides is 6. The number of aromatic nitrogens is 4. The van der Waals surface area contributed by atoms with Gasteiger partial charge in [0.05, 0.1) is 15.7 Å². The largest absolute Gasteiger partial charge is 0.433 e. The van der Waals surface area contributed by atoms with Crippen LogP contribution in [0.1, 0.15) is 27.3 Å². The number of nitrogens with one attached hydrogen (secondary N) is 1. The molecule has 1 amide bonds. The summed E-state index contributed by atoms with van der Waals surface area (Å²) in [6.45, 7) is 1.61. The molecule has 1 N–H and O–H groups in total. The summed E-state index contributed by atoms with van der Waals surface area (Å²) >= 11 is 1.13. The number of carbonyl (C=O) groups is 1. The summed E-state index contributed by atoms with van der Waals surface area (Å²) in [5, 5.41) is 6.07. The van der Waals surface area contributed by atoms with Crippen molar-refractivity contribution in [3.8, 4) is 11.3 Å². The van der Waals surface area contributed by atoms with Crippen LogP contribution in [0, 0.1) is 6.92 Å². The molecule has 0 aliphatic carbocycles. The maximum atomic E-state index is 14.2. The SMILES string of the molecule is Cc1ccc2ncsc2c1-c1nn(C)c(C(=O)Nc2ccnc(C(F)(F)F)c2)c1C(F)(F)F. The number of benzene rings is 1. The molecule has 0 bridgehead atoms. The summed E-state index contributed by atoms with van der Waals surface area (Å²) in [6, 6.07) is 4.84. The van der Waals surface area contributed by atoms with Crippen LogP contribution in [0.2, 0.25) is 0 Å². The summed E-state index contributed by atoms with van der Waals surface area (Å²) in [6.07, 6.45) is -8.97. The van der Waals surface area contributed by atoms with Crippen molar-refractivity contribution in [1.29, 1.82) is 0 Å². The number of amides is 1. The van der Waals surface area contributed by atoms with Gasteiger partial charge in [-0.2, -0.15) is 31.4 Å². The predicted octanol–water partition coefficient (Wildman–Crippen LogP) is 5.69. The van der Waals surface area contributed by atoms with Crippen molar-refractivity contribution >= 4 is 33.1 Å². The van der Waals surface area contributed by atoms with E-state index in [1.54, 1.807) is 19.1 Å². The van der Waals surface area contributed by atoms with Gasteiger partial charge in [-0.25, -0.2) is 4.98 Å². The zero-order valence-electron chi connectivity index (χ0n) is 16.8. The minimum Gasteiger partial charge on any atom is -0.321 e. The van der Waals surface area contributed by atoms with Crippen LogP contribution < -0.4 is 5.32 Å². The number of hydrogen-bond donors (Lipinski definition) is 1. The molecule has 3 heterocycles. The van der Waals surface area contributed by atoms with E-state index >= 15 is 0 Å². The van der Waals surface area contributed by atoms with Crippen LogP contribution in [0.3, 0.4) is 0 Å². The monoisotopic (exact) mass is 485 g/mol. The van der Waals surface area contributed by atoms with Crippen molar-refractivity contribution in [3.05, 3.63) is 58.5 Å². The van der Waals surface area contributed by atoms with Crippen LogP contribution in [0.4, 0.5) is 32.0 Å². The van der Waals surface area contributed by atoms with E-state index in [1.807, 2.05) is 0 Å². The quantitative estimate of drug-likeness (QED) is 0.379. The Balaban J connectivity index is 1.85. The van der Waals surface area contributed by atoms with Crippen molar-refractivity contribution in [3.63, 3.8) is 0 Å². The molecule has 1 aromatic carbocycles. The van der Waals surface area contributed by atoms with Gasteiger partial charge >= 0.3 is 12.4 Å². The molecule has 0 saturated carbocycles. The fourth-order valence-electron chi connectivity index (χ4n) is 3.40. The lowest BCUT2D eigenvalue weighted by atomic mass is 10.00. The molecule has 13 heteroatoms. The fraction of sp³-hybridized carbons (Fsp3) is 0.200. The zero-order valence-corrected chi connectivity index (χ0v) is 17.7. The summed E-state index contributed by atoms with van der Waals surface area (Å²) < 4.78 is 82.5.